The van der Waals surface area contributed by atoms with Gasteiger partial charge in [-0.05, 0) is 34.9 Å². The van der Waals surface area contributed by atoms with Crippen LogP contribution in [0.5, 0.6) is 0 Å². The van der Waals surface area contributed by atoms with E-state index in [0.29, 0.717) is 19.0 Å². The van der Waals surface area contributed by atoms with Crippen LogP contribution in [0, 0.1) is 5.92 Å². The molecule has 18 heavy (non-hydrogen) atoms. The Kier molecular flexibility index (Phi) is 4.99. The van der Waals surface area contributed by atoms with E-state index in [4.69, 9.17) is 9.47 Å². The monoisotopic (exact) mass is 258 g/mol. The highest BCUT2D eigenvalue weighted by Crippen LogP contribution is 2.22. The molecule has 0 aromatic heterocycles. The molecule has 1 fully saturated rings. The Morgan fingerprint density at radius 2 is 1.94 bits per heavy atom. The number of amides is 1. The third-order valence-corrected chi connectivity index (χ3v) is 2.94. The van der Waals surface area contributed by atoms with Gasteiger partial charge in [0.25, 0.3) is 0 Å². The zero-order chi connectivity index (χ0) is 13.9. The fourth-order valence-corrected chi connectivity index (χ4v) is 2.23. The van der Waals surface area contributed by atoms with Crippen LogP contribution < -0.4 is 0 Å². The van der Waals surface area contributed by atoms with Gasteiger partial charge in [0.2, 0.25) is 0 Å². The molecule has 0 spiro atoms. The molecule has 0 N–H and O–H groups in total. The Bertz CT molecular complexity index is 286. The molecule has 1 aliphatic heterocycles. The fourth-order valence-electron chi connectivity index (χ4n) is 2.23. The molecule has 0 bridgehead atoms. The Morgan fingerprint density at radius 1 is 1.33 bits per heavy atom. The Hall–Kier alpha value is -0.810. The van der Waals surface area contributed by atoms with E-state index in [9.17, 15) is 4.79 Å². The molecule has 0 aliphatic carbocycles. The lowest BCUT2D eigenvalue weighted by atomic mass is 10.1. The highest BCUT2D eigenvalue weighted by Gasteiger charge is 2.37. The number of ether oxygens (including phenoxy) is 2. The topological polar surface area (TPSA) is 42.0 Å². The summed E-state index contributed by atoms with van der Waals surface area (Å²) in [5.74, 6) is 0.345. The molecule has 106 valence electrons. The predicted octanol–water partition coefficient (Wildman–Crippen LogP) is 1.43. The molecule has 5 nitrogen and oxygen atoms in total. The number of hydrogen-bond donors (Lipinski definition) is 0. The van der Waals surface area contributed by atoms with Crippen LogP contribution in [0.15, 0.2) is 0 Å². The maximum absolute atomic E-state index is 12.0. The van der Waals surface area contributed by atoms with Crippen LogP contribution >= 0.6 is 0 Å². The second-order valence-electron chi connectivity index (χ2n) is 6.18. The minimum absolute atomic E-state index is 0.0971. The molecule has 1 heterocycles. The van der Waals surface area contributed by atoms with Crippen molar-refractivity contribution >= 4 is 6.09 Å². The Labute approximate surface area is 110 Å². The molecule has 0 aromatic carbocycles. The number of carbonyl (C=O) groups excluding carboxylic acids is 1. The van der Waals surface area contributed by atoms with Gasteiger partial charge in [-0.3, -0.25) is 0 Å². The number of carbonyl (C=O) groups is 1. The van der Waals surface area contributed by atoms with Crippen LogP contribution in [-0.4, -0.2) is 68.4 Å². The van der Waals surface area contributed by atoms with Crippen LogP contribution in [0.2, 0.25) is 0 Å². The highest BCUT2D eigenvalue weighted by atomic mass is 16.6. The first-order valence-electron chi connectivity index (χ1n) is 6.38. The summed E-state index contributed by atoms with van der Waals surface area (Å²) in [5.41, 5.74) is -0.445. The van der Waals surface area contributed by atoms with Gasteiger partial charge < -0.3 is 19.3 Å². The van der Waals surface area contributed by atoms with E-state index in [0.717, 1.165) is 6.54 Å². The quantitative estimate of drug-likeness (QED) is 0.768. The summed E-state index contributed by atoms with van der Waals surface area (Å²) in [6, 6.07) is 0. The van der Waals surface area contributed by atoms with E-state index in [1.54, 1.807) is 12.0 Å². The van der Waals surface area contributed by atoms with Crippen LogP contribution in [0.3, 0.4) is 0 Å². The van der Waals surface area contributed by atoms with Crippen molar-refractivity contribution in [1.82, 2.24) is 9.80 Å². The summed E-state index contributed by atoms with van der Waals surface area (Å²) < 4.78 is 10.8. The van der Waals surface area contributed by atoms with Crippen molar-refractivity contribution in [3.8, 4) is 0 Å². The molecular formula is C13H26N2O3. The maximum Gasteiger partial charge on any atom is 0.410 e. The number of hydrogen-bond acceptors (Lipinski definition) is 4. The van der Waals surface area contributed by atoms with Gasteiger partial charge >= 0.3 is 6.09 Å². The second-order valence-corrected chi connectivity index (χ2v) is 6.18. The summed E-state index contributed by atoms with van der Waals surface area (Å²) in [6.45, 7) is 7.87. The molecule has 0 unspecified atom stereocenters. The summed E-state index contributed by atoms with van der Waals surface area (Å²) in [7, 11) is 5.76. The smallest absolute Gasteiger partial charge is 0.410 e. The lowest BCUT2D eigenvalue weighted by Gasteiger charge is -2.24. The molecule has 1 saturated heterocycles. The van der Waals surface area contributed by atoms with Crippen LogP contribution in [0.25, 0.3) is 0 Å². The van der Waals surface area contributed by atoms with Gasteiger partial charge in [-0.2, -0.15) is 0 Å². The van der Waals surface area contributed by atoms with Gasteiger partial charge in [0.15, 0.2) is 0 Å². The largest absolute Gasteiger partial charge is 0.444 e. The van der Waals surface area contributed by atoms with Crippen molar-refractivity contribution in [3.05, 3.63) is 0 Å². The van der Waals surface area contributed by atoms with E-state index in [1.807, 2.05) is 34.9 Å². The first-order chi connectivity index (χ1) is 8.23. The lowest BCUT2D eigenvalue weighted by Crippen LogP contribution is -2.36. The molecule has 0 saturated carbocycles. The van der Waals surface area contributed by atoms with E-state index < -0.39 is 5.60 Å². The molecule has 2 atom stereocenters. The second kappa shape index (κ2) is 5.89. The molecule has 1 rings (SSSR count). The van der Waals surface area contributed by atoms with Gasteiger partial charge in [0, 0.05) is 26.1 Å². The predicted molar refractivity (Wildman–Crippen MR) is 70.6 cm³/mol. The zero-order valence-electron chi connectivity index (χ0n) is 12.4. The number of nitrogens with zero attached hydrogens (tertiary/aromatic N) is 2. The minimum atomic E-state index is -0.445. The van der Waals surface area contributed by atoms with Crippen LogP contribution in [0.4, 0.5) is 4.79 Å². The third-order valence-electron chi connectivity index (χ3n) is 2.94. The van der Waals surface area contributed by atoms with Gasteiger partial charge in [0.05, 0.1) is 12.6 Å². The fraction of sp³-hybridized carbons (Fsp3) is 0.923. The molecule has 1 aliphatic rings. The first kappa shape index (κ1) is 15.2. The van der Waals surface area contributed by atoms with Crippen molar-refractivity contribution in [2.24, 2.45) is 5.92 Å². The van der Waals surface area contributed by atoms with Gasteiger partial charge in [0.1, 0.15) is 5.60 Å². The number of methoxy groups -OCH3 is 1. The number of likely N-dealkylation sites (tertiary alicyclic amines) is 1. The average molecular weight is 258 g/mol. The van der Waals surface area contributed by atoms with Crippen molar-refractivity contribution in [2.45, 2.75) is 32.5 Å². The average Bonchev–Trinajstić information content (AvgIpc) is 2.57. The summed E-state index contributed by atoms with van der Waals surface area (Å²) in [4.78, 5) is 15.9. The zero-order valence-corrected chi connectivity index (χ0v) is 12.4. The molecule has 5 heteroatoms. The van der Waals surface area contributed by atoms with Crippen LogP contribution in [0.1, 0.15) is 20.8 Å². The molecule has 1 amide bonds. The summed E-state index contributed by atoms with van der Waals surface area (Å²) >= 11 is 0. The van der Waals surface area contributed by atoms with Crippen molar-refractivity contribution in [1.29, 1.82) is 0 Å². The molecule has 0 aromatic rings. The first-order valence-corrected chi connectivity index (χ1v) is 6.38. The summed E-state index contributed by atoms with van der Waals surface area (Å²) in [5, 5.41) is 0. The summed E-state index contributed by atoms with van der Waals surface area (Å²) in [6.07, 6.45) is -0.147. The van der Waals surface area contributed by atoms with Crippen molar-refractivity contribution in [3.63, 3.8) is 0 Å². The maximum atomic E-state index is 12.0. The normalized spacial score (nSPS) is 24.7. The van der Waals surface area contributed by atoms with Crippen molar-refractivity contribution in [2.75, 3.05) is 40.8 Å². The van der Waals surface area contributed by atoms with Crippen LogP contribution in [-0.2, 0) is 9.47 Å². The molecular weight excluding hydrogens is 232 g/mol. The van der Waals surface area contributed by atoms with Gasteiger partial charge in [-0.25, -0.2) is 4.79 Å². The standard InChI is InChI=1S/C13H26N2O3/c1-13(2,3)18-12(16)15-8-10(7-14(4)5)11(9-15)17-6/h10-11H,7-9H2,1-6H3/t10-,11-/m0/s1. The third kappa shape index (κ3) is 4.46. The van der Waals surface area contributed by atoms with E-state index in [2.05, 4.69) is 4.90 Å². The van der Waals surface area contributed by atoms with E-state index in [1.165, 1.54) is 0 Å². The Balaban J connectivity index is 2.58. The lowest BCUT2D eigenvalue weighted by molar-refractivity contribution is 0.0251. The SMILES string of the molecule is CO[C@H]1CN(C(=O)OC(C)(C)C)C[C@@H]1CN(C)C. The Morgan fingerprint density at radius 3 is 2.39 bits per heavy atom. The molecule has 0 radical (unpaired) electrons. The van der Waals surface area contributed by atoms with Gasteiger partial charge in [-0.1, -0.05) is 0 Å². The van der Waals surface area contributed by atoms with E-state index >= 15 is 0 Å². The minimum Gasteiger partial charge on any atom is -0.444 e. The van der Waals surface area contributed by atoms with Crippen molar-refractivity contribution < 1.29 is 14.3 Å². The van der Waals surface area contributed by atoms with Gasteiger partial charge in [-0.15, -0.1) is 0 Å². The highest BCUT2D eigenvalue weighted by molar-refractivity contribution is 5.68. The number of rotatable bonds is 3. The van der Waals surface area contributed by atoms with E-state index in [-0.39, 0.29) is 12.2 Å².